The number of ether oxygens (including phenoxy) is 1. The Labute approximate surface area is 211 Å². The number of likely N-dealkylation sites (tertiary alicyclic amines) is 1. The molecule has 1 aliphatic heterocycles. The van der Waals surface area contributed by atoms with Crippen LogP contribution in [0.1, 0.15) is 27.2 Å². The van der Waals surface area contributed by atoms with Gasteiger partial charge in [0.2, 0.25) is 0 Å². The molecule has 0 bridgehead atoms. The second-order valence-electron chi connectivity index (χ2n) is 9.95. The Morgan fingerprint density at radius 2 is 1.24 bits per heavy atom. The monoisotopic (exact) mass is 573 g/mol. The van der Waals surface area contributed by atoms with Crippen molar-refractivity contribution in [2.24, 2.45) is 5.92 Å². The molecule has 4 rings (SSSR count). The normalized spacial score (nSPS) is 15.9. The predicted molar refractivity (Wildman–Crippen MR) is 150 cm³/mol. The standard InChI is InChI=1S/C28H33INO2P/c1-28(2,3)32-27(31)30-21-23(22-30)19-20-33(29,24-13-7-4-8-14-24,25-15-9-5-10-16-25)26-17-11-6-12-18-26/h4-18,23H,19-22H2,1-3H3. The summed E-state index contributed by atoms with van der Waals surface area (Å²) in [6.07, 6.45) is 1.94. The Balaban J connectivity index is 1.66. The number of amides is 1. The molecule has 3 nitrogen and oxygen atoms in total. The van der Waals surface area contributed by atoms with Crippen LogP contribution in [0.5, 0.6) is 0 Å². The summed E-state index contributed by atoms with van der Waals surface area (Å²) in [6.45, 7) is 7.30. The number of rotatable bonds is 6. The van der Waals surface area contributed by atoms with Crippen LogP contribution in [0, 0.1) is 5.92 Å². The van der Waals surface area contributed by atoms with E-state index in [-0.39, 0.29) is 6.09 Å². The molecule has 3 aromatic rings. The Hall–Kier alpha value is -1.91. The molecule has 0 saturated carbocycles. The van der Waals surface area contributed by atoms with Crippen LogP contribution in [0.3, 0.4) is 0 Å². The van der Waals surface area contributed by atoms with Gasteiger partial charge in [-0.1, -0.05) is 0 Å². The third-order valence-corrected chi connectivity index (χ3v) is 18.1. The van der Waals surface area contributed by atoms with Gasteiger partial charge in [-0.15, -0.1) is 0 Å². The zero-order valence-corrected chi connectivity index (χ0v) is 22.7. The van der Waals surface area contributed by atoms with Gasteiger partial charge in [0.25, 0.3) is 0 Å². The molecule has 1 fully saturated rings. The summed E-state index contributed by atoms with van der Waals surface area (Å²) in [6, 6.07) is 33.1. The molecule has 1 saturated heterocycles. The zero-order valence-electron chi connectivity index (χ0n) is 19.7. The topological polar surface area (TPSA) is 29.5 Å². The number of benzene rings is 3. The Morgan fingerprint density at radius 1 is 0.848 bits per heavy atom. The Kier molecular flexibility index (Phi) is 6.89. The van der Waals surface area contributed by atoms with Crippen LogP contribution >= 0.6 is 26.3 Å². The molecule has 1 amide bonds. The average Bonchev–Trinajstić information content (AvgIpc) is 2.78. The van der Waals surface area contributed by atoms with Crippen LogP contribution in [-0.2, 0) is 4.74 Å². The number of hydrogen-bond donors (Lipinski definition) is 0. The summed E-state index contributed by atoms with van der Waals surface area (Å²) < 4.78 is 2.82. The minimum atomic E-state index is -2.74. The zero-order chi connectivity index (χ0) is 23.6. The number of hydrogen-bond acceptors (Lipinski definition) is 2. The molecule has 5 heteroatoms. The van der Waals surface area contributed by atoms with Crippen LogP contribution in [0.15, 0.2) is 91.0 Å². The van der Waals surface area contributed by atoms with Gasteiger partial charge in [0.15, 0.2) is 0 Å². The summed E-state index contributed by atoms with van der Waals surface area (Å²) in [5.41, 5.74) is -0.454. The van der Waals surface area contributed by atoms with E-state index in [9.17, 15) is 4.79 Å². The molecule has 0 aliphatic carbocycles. The van der Waals surface area contributed by atoms with E-state index in [2.05, 4.69) is 113 Å². The molecule has 1 heterocycles. The van der Waals surface area contributed by atoms with Gasteiger partial charge in [0.05, 0.1) is 0 Å². The van der Waals surface area contributed by atoms with Crippen molar-refractivity contribution in [2.75, 3.05) is 19.3 Å². The molecular weight excluding hydrogens is 540 g/mol. The van der Waals surface area contributed by atoms with Crippen LogP contribution in [0.2, 0.25) is 0 Å². The maximum absolute atomic E-state index is 12.4. The Morgan fingerprint density at radius 3 is 1.61 bits per heavy atom. The van der Waals surface area contributed by atoms with Gasteiger partial charge in [0.1, 0.15) is 0 Å². The van der Waals surface area contributed by atoms with Gasteiger partial charge in [-0.25, -0.2) is 0 Å². The van der Waals surface area contributed by atoms with Gasteiger partial charge in [0, 0.05) is 0 Å². The van der Waals surface area contributed by atoms with Crippen molar-refractivity contribution >= 4 is 48.3 Å². The third kappa shape index (κ3) is 4.83. The summed E-state index contributed by atoms with van der Waals surface area (Å²) in [4.78, 5) is 14.3. The number of carbonyl (C=O) groups excluding carboxylic acids is 1. The minimum absolute atomic E-state index is 0.195. The quantitative estimate of drug-likeness (QED) is 0.263. The van der Waals surface area contributed by atoms with E-state index in [4.69, 9.17) is 4.74 Å². The van der Waals surface area contributed by atoms with Gasteiger partial charge in [-0.3, -0.25) is 0 Å². The first kappa shape index (κ1) is 24.2. The first-order chi connectivity index (χ1) is 15.7. The maximum atomic E-state index is 12.4. The summed E-state index contributed by atoms with van der Waals surface area (Å²) >= 11 is 2.84. The molecule has 0 radical (unpaired) electrons. The molecule has 3 aromatic carbocycles. The van der Waals surface area contributed by atoms with Gasteiger partial charge >= 0.3 is 212 Å². The van der Waals surface area contributed by atoms with Crippen LogP contribution in [-0.4, -0.2) is 35.8 Å². The molecule has 0 unspecified atom stereocenters. The number of halogens is 1. The summed E-state index contributed by atoms with van der Waals surface area (Å²) in [5, 5.41) is 4.22. The predicted octanol–water partition coefficient (Wildman–Crippen LogP) is 6.12. The van der Waals surface area contributed by atoms with E-state index < -0.39 is 9.85 Å². The number of nitrogens with zero attached hydrogens (tertiary/aromatic N) is 1. The SMILES string of the molecule is CC(C)(C)OC(=O)N1CC(CCP(I)(c2ccccc2)(c2ccccc2)c2ccccc2)C1. The molecule has 33 heavy (non-hydrogen) atoms. The van der Waals surface area contributed by atoms with Gasteiger partial charge in [-0.2, -0.15) is 0 Å². The van der Waals surface area contributed by atoms with E-state index in [0.29, 0.717) is 5.92 Å². The van der Waals surface area contributed by atoms with Crippen LogP contribution < -0.4 is 15.9 Å². The fourth-order valence-electron chi connectivity index (χ4n) is 4.70. The fraction of sp³-hybridized carbons (Fsp3) is 0.321. The van der Waals surface area contributed by atoms with Crippen molar-refractivity contribution in [3.05, 3.63) is 91.0 Å². The molecule has 0 N–H and O–H groups in total. The average molecular weight is 573 g/mol. The molecule has 174 valence electrons. The van der Waals surface area contributed by atoms with Crippen LogP contribution in [0.4, 0.5) is 4.79 Å². The van der Waals surface area contributed by atoms with Gasteiger partial charge in [-0.05, 0) is 0 Å². The van der Waals surface area contributed by atoms with Crippen molar-refractivity contribution in [2.45, 2.75) is 32.8 Å². The van der Waals surface area contributed by atoms with E-state index in [0.717, 1.165) is 25.7 Å². The van der Waals surface area contributed by atoms with Crippen molar-refractivity contribution in [3.63, 3.8) is 0 Å². The summed E-state index contributed by atoms with van der Waals surface area (Å²) in [7, 11) is 0. The van der Waals surface area contributed by atoms with E-state index in [1.807, 2.05) is 25.7 Å². The van der Waals surface area contributed by atoms with Crippen LogP contribution in [0.25, 0.3) is 0 Å². The first-order valence-electron chi connectivity index (χ1n) is 11.6. The second-order valence-corrected chi connectivity index (χ2v) is 20.7. The molecule has 0 atom stereocenters. The van der Waals surface area contributed by atoms with Crippen molar-refractivity contribution in [1.29, 1.82) is 0 Å². The van der Waals surface area contributed by atoms with E-state index >= 15 is 0 Å². The Bertz CT molecular complexity index is 978. The van der Waals surface area contributed by atoms with Crippen molar-refractivity contribution in [3.8, 4) is 0 Å². The van der Waals surface area contributed by atoms with Crippen molar-refractivity contribution < 1.29 is 9.53 Å². The molecule has 1 aliphatic rings. The summed E-state index contributed by atoms with van der Waals surface area (Å²) in [5.74, 6) is 0.491. The fourth-order valence-corrected chi connectivity index (χ4v) is 13.3. The molecule has 0 spiro atoms. The van der Waals surface area contributed by atoms with Crippen molar-refractivity contribution in [1.82, 2.24) is 4.90 Å². The second kappa shape index (κ2) is 9.38. The van der Waals surface area contributed by atoms with Gasteiger partial charge < -0.3 is 0 Å². The first-order valence-corrected chi connectivity index (χ1v) is 16.8. The third-order valence-electron chi connectivity index (χ3n) is 6.45. The molecule has 0 aromatic heterocycles. The van der Waals surface area contributed by atoms with E-state index in [1.54, 1.807) is 0 Å². The number of carbonyl (C=O) groups is 1. The van der Waals surface area contributed by atoms with E-state index in [1.165, 1.54) is 15.9 Å². The molecular formula is C28H33INO2P.